The Hall–Kier alpha value is -4.42. The van der Waals surface area contributed by atoms with Gasteiger partial charge in [0, 0.05) is 16.1 Å². The number of aromatic nitrogens is 1. The van der Waals surface area contributed by atoms with E-state index in [0.29, 0.717) is 60.3 Å². The predicted molar refractivity (Wildman–Crippen MR) is 182 cm³/mol. The fourth-order valence-corrected chi connectivity index (χ4v) is 6.89. The number of nitrogens with zero attached hydrogens (tertiary/aromatic N) is 2. The van der Waals surface area contributed by atoms with Crippen LogP contribution in [0.5, 0.6) is 11.5 Å². The lowest BCUT2D eigenvalue weighted by molar-refractivity contribution is -0.139. The summed E-state index contributed by atoms with van der Waals surface area (Å²) in [5.74, 6) is 1.05. The molecule has 5 rings (SSSR count). The molecule has 1 atom stereocenters. The molecule has 0 fully saturated rings. The third-order valence-electron chi connectivity index (χ3n) is 7.36. The molecule has 0 radical (unpaired) electrons. The van der Waals surface area contributed by atoms with Gasteiger partial charge in [0.25, 0.3) is 5.56 Å². The average Bonchev–Trinajstić information content (AvgIpc) is 3.60. The minimum Gasteiger partial charge on any atom is -0.493 e. The number of rotatable bonds is 10. The van der Waals surface area contributed by atoms with Crippen molar-refractivity contribution in [3.05, 3.63) is 100 Å². The van der Waals surface area contributed by atoms with Crippen LogP contribution in [0.4, 0.5) is 0 Å². The number of fused-ring (bicyclic) bond motifs is 1. The van der Waals surface area contributed by atoms with E-state index in [0.717, 1.165) is 11.1 Å². The Morgan fingerprint density at radius 2 is 1.83 bits per heavy atom. The van der Waals surface area contributed by atoms with Gasteiger partial charge in [-0.3, -0.25) is 9.36 Å². The molecular formula is C35H35BrN2O8S. The summed E-state index contributed by atoms with van der Waals surface area (Å²) in [6.45, 7) is 11.4. The van der Waals surface area contributed by atoms with Gasteiger partial charge in [0.15, 0.2) is 16.3 Å². The number of ether oxygens (including phenoxy) is 4. The van der Waals surface area contributed by atoms with Crippen LogP contribution in [0.1, 0.15) is 67.9 Å². The van der Waals surface area contributed by atoms with Crippen LogP contribution in [0.3, 0.4) is 0 Å². The molecule has 4 aromatic rings. The highest BCUT2D eigenvalue weighted by Crippen LogP contribution is 2.41. The number of aryl methyl sites for hydroxylation is 1. The van der Waals surface area contributed by atoms with Crippen LogP contribution in [0.15, 0.2) is 72.4 Å². The maximum atomic E-state index is 14.1. The second kappa shape index (κ2) is 14.1. The van der Waals surface area contributed by atoms with Crippen molar-refractivity contribution in [1.82, 2.24) is 4.57 Å². The first-order valence-electron chi connectivity index (χ1n) is 15.1. The zero-order valence-corrected chi connectivity index (χ0v) is 29.5. The van der Waals surface area contributed by atoms with Crippen LogP contribution in [0.2, 0.25) is 0 Å². The summed E-state index contributed by atoms with van der Waals surface area (Å²) in [7, 11) is 1.54. The Kier molecular flexibility index (Phi) is 10.2. The van der Waals surface area contributed by atoms with Crippen LogP contribution in [0, 0.1) is 6.92 Å². The molecule has 0 bridgehead atoms. The van der Waals surface area contributed by atoms with E-state index in [-0.39, 0.29) is 29.8 Å². The average molecular weight is 724 g/mol. The second-order valence-corrected chi connectivity index (χ2v) is 12.8. The molecule has 0 amide bonds. The molecule has 0 saturated heterocycles. The molecule has 0 saturated carbocycles. The SMILES string of the molecule is CCOC(=O)C1=C(C)N=c2s/c(=C/c3ccc(-c4ccc(C(=O)OC(C)C)cc4C)o3)c(=O)n2[C@H]1c1cc(OCC)c(OC)cc1Br. The minimum atomic E-state index is -0.859. The van der Waals surface area contributed by atoms with Gasteiger partial charge in [-0.25, -0.2) is 14.6 Å². The monoisotopic (exact) mass is 722 g/mol. The molecular weight excluding hydrogens is 688 g/mol. The number of halogens is 1. The van der Waals surface area contributed by atoms with Crippen molar-refractivity contribution in [3.8, 4) is 22.8 Å². The zero-order valence-electron chi connectivity index (χ0n) is 27.1. The number of furan rings is 1. The molecule has 0 aliphatic carbocycles. The molecule has 1 aliphatic heterocycles. The quantitative estimate of drug-likeness (QED) is 0.180. The molecule has 0 unspecified atom stereocenters. The maximum absolute atomic E-state index is 14.1. The Morgan fingerprint density at radius 3 is 2.49 bits per heavy atom. The van der Waals surface area contributed by atoms with Crippen LogP contribution in [-0.2, 0) is 14.3 Å². The first-order chi connectivity index (χ1) is 22.5. The number of thiazole rings is 1. The highest BCUT2D eigenvalue weighted by atomic mass is 79.9. The second-order valence-electron chi connectivity index (χ2n) is 10.9. The first kappa shape index (κ1) is 33.9. The minimum absolute atomic E-state index is 0.159. The van der Waals surface area contributed by atoms with Crippen molar-refractivity contribution in [2.45, 2.75) is 53.7 Å². The number of esters is 2. The van der Waals surface area contributed by atoms with Crippen molar-refractivity contribution in [1.29, 1.82) is 0 Å². The Labute approximate surface area is 284 Å². The lowest BCUT2D eigenvalue weighted by atomic mass is 9.95. The molecule has 10 nitrogen and oxygen atoms in total. The fourth-order valence-electron chi connectivity index (χ4n) is 5.33. The van der Waals surface area contributed by atoms with Gasteiger partial charge in [-0.1, -0.05) is 33.3 Å². The van der Waals surface area contributed by atoms with E-state index < -0.39 is 12.0 Å². The summed E-state index contributed by atoms with van der Waals surface area (Å²) in [6.07, 6.45) is 1.44. The summed E-state index contributed by atoms with van der Waals surface area (Å²) in [6, 6.07) is 11.5. The molecule has 47 heavy (non-hydrogen) atoms. The maximum Gasteiger partial charge on any atom is 0.338 e. The van der Waals surface area contributed by atoms with E-state index in [9.17, 15) is 14.4 Å². The number of allylic oxidation sites excluding steroid dienone is 1. The molecule has 1 aliphatic rings. The lowest BCUT2D eigenvalue weighted by Gasteiger charge is -2.26. The molecule has 2 aromatic heterocycles. The van der Waals surface area contributed by atoms with E-state index in [1.54, 1.807) is 71.2 Å². The number of carbonyl (C=O) groups is 2. The predicted octanol–water partition coefficient (Wildman–Crippen LogP) is 6.10. The Morgan fingerprint density at radius 1 is 1.06 bits per heavy atom. The van der Waals surface area contributed by atoms with Gasteiger partial charge < -0.3 is 23.4 Å². The zero-order chi connectivity index (χ0) is 34.0. The van der Waals surface area contributed by atoms with Gasteiger partial charge in [-0.15, -0.1) is 0 Å². The smallest absolute Gasteiger partial charge is 0.338 e. The van der Waals surface area contributed by atoms with Crippen LogP contribution in [0.25, 0.3) is 17.4 Å². The third-order valence-corrected chi connectivity index (χ3v) is 9.03. The van der Waals surface area contributed by atoms with E-state index in [1.165, 1.54) is 15.9 Å². The standard InChI is InChI=1S/C35H35BrN2O8S/c1-8-43-28-16-24(25(36)17-27(28)42-7)31-30(34(41)44-9-2)20(6)37-35-38(31)32(39)29(47-35)15-22-11-13-26(46-22)23-12-10-21(14-19(23)5)33(40)45-18(3)4/h10-18,31H,8-9H2,1-7H3/b29-15+/t31-/m0/s1. The van der Waals surface area contributed by atoms with Crippen LogP contribution >= 0.6 is 27.3 Å². The number of hydrogen-bond acceptors (Lipinski definition) is 10. The van der Waals surface area contributed by atoms with Crippen molar-refractivity contribution < 1.29 is 33.0 Å². The highest BCUT2D eigenvalue weighted by molar-refractivity contribution is 9.10. The molecule has 3 heterocycles. The molecule has 246 valence electrons. The number of carbonyl (C=O) groups excluding carboxylic acids is 2. The fraction of sp³-hybridized carbons (Fsp3) is 0.314. The number of benzene rings is 2. The number of hydrogen-bond donors (Lipinski definition) is 0. The van der Waals surface area contributed by atoms with Gasteiger partial charge in [0.2, 0.25) is 0 Å². The summed E-state index contributed by atoms with van der Waals surface area (Å²) in [5.41, 5.74) is 3.04. The van der Waals surface area contributed by atoms with Crippen molar-refractivity contribution in [3.63, 3.8) is 0 Å². The van der Waals surface area contributed by atoms with E-state index in [2.05, 4.69) is 20.9 Å². The van der Waals surface area contributed by atoms with Gasteiger partial charge in [-0.2, -0.15) is 0 Å². The molecule has 2 aromatic carbocycles. The highest BCUT2D eigenvalue weighted by Gasteiger charge is 2.35. The summed E-state index contributed by atoms with van der Waals surface area (Å²) < 4.78 is 30.7. The lowest BCUT2D eigenvalue weighted by Crippen LogP contribution is -2.40. The number of methoxy groups -OCH3 is 1. The molecule has 0 spiro atoms. The topological polar surface area (TPSA) is 119 Å². The summed E-state index contributed by atoms with van der Waals surface area (Å²) in [5, 5.41) is 0. The van der Waals surface area contributed by atoms with Gasteiger partial charge in [0.05, 0.1) is 53.8 Å². The van der Waals surface area contributed by atoms with Gasteiger partial charge in [0.1, 0.15) is 11.5 Å². The van der Waals surface area contributed by atoms with Gasteiger partial charge in [-0.05, 0) is 89.1 Å². The Bertz CT molecular complexity index is 2070. The van der Waals surface area contributed by atoms with E-state index in [4.69, 9.17) is 23.4 Å². The first-order valence-corrected chi connectivity index (χ1v) is 16.7. The molecule has 0 N–H and O–H groups in total. The van der Waals surface area contributed by atoms with E-state index >= 15 is 0 Å². The summed E-state index contributed by atoms with van der Waals surface area (Å²) >= 11 is 4.82. The van der Waals surface area contributed by atoms with Crippen LogP contribution < -0.4 is 24.4 Å². The Balaban J connectivity index is 1.60. The van der Waals surface area contributed by atoms with Crippen molar-refractivity contribution in [2.75, 3.05) is 20.3 Å². The normalized spacial score (nSPS) is 14.6. The largest absolute Gasteiger partial charge is 0.493 e. The van der Waals surface area contributed by atoms with E-state index in [1.807, 2.05) is 26.0 Å². The van der Waals surface area contributed by atoms with Gasteiger partial charge >= 0.3 is 11.9 Å². The molecule has 12 heteroatoms. The van der Waals surface area contributed by atoms with Crippen LogP contribution in [-0.4, -0.2) is 42.9 Å². The third kappa shape index (κ3) is 6.84. The van der Waals surface area contributed by atoms with Crippen molar-refractivity contribution in [2.24, 2.45) is 4.99 Å². The summed E-state index contributed by atoms with van der Waals surface area (Å²) in [4.78, 5) is 44.9. The van der Waals surface area contributed by atoms with Crippen molar-refractivity contribution >= 4 is 45.3 Å².